The topological polar surface area (TPSA) is 148 Å². The molecule has 0 radical (unpaired) electrons. The molecule has 0 aromatic rings. The number of terminal acetylenes is 1. The molecule has 9 heteroatoms. The van der Waals surface area contributed by atoms with Gasteiger partial charge in [-0.15, -0.1) is 12.3 Å². The SMILES string of the molecule is C#CCCC(=O)NCCCC[C@H](NC(=O)N[C@@H](CCC(=O)O)C(=C)O)C(=C)O. The van der Waals surface area contributed by atoms with Crippen molar-refractivity contribution in [1.29, 1.82) is 0 Å². The molecule has 3 amide bonds. The van der Waals surface area contributed by atoms with E-state index in [0.29, 0.717) is 32.2 Å². The molecule has 0 spiro atoms. The Kier molecular flexibility index (Phi) is 12.4. The molecule has 156 valence electrons. The number of amides is 3. The van der Waals surface area contributed by atoms with Gasteiger partial charge in [0, 0.05) is 25.8 Å². The fourth-order valence-electron chi connectivity index (χ4n) is 2.25. The van der Waals surface area contributed by atoms with Crippen molar-refractivity contribution in [3.8, 4) is 12.3 Å². The van der Waals surface area contributed by atoms with Crippen molar-refractivity contribution in [1.82, 2.24) is 16.0 Å². The average molecular weight is 395 g/mol. The van der Waals surface area contributed by atoms with Crippen LogP contribution in [0.5, 0.6) is 0 Å². The first-order chi connectivity index (χ1) is 13.2. The predicted octanol–water partition coefficient (Wildman–Crippen LogP) is 1.73. The third-order valence-electron chi connectivity index (χ3n) is 3.80. The Balaban J connectivity index is 4.34. The van der Waals surface area contributed by atoms with E-state index in [4.69, 9.17) is 11.5 Å². The van der Waals surface area contributed by atoms with E-state index in [0.717, 1.165) is 0 Å². The summed E-state index contributed by atoms with van der Waals surface area (Å²) in [6, 6.07) is -2.36. The molecule has 0 aliphatic carbocycles. The molecule has 9 nitrogen and oxygen atoms in total. The van der Waals surface area contributed by atoms with E-state index in [1.165, 1.54) is 0 Å². The highest BCUT2D eigenvalue weighted by Crippen LogP contribution is 2.08. The number of aliphatic hydroxyl groups is 2. The first-order valence-electron chi connectivity index (χ1n) is 8.91. The van der Waals surface area contributed by atoms with E-state index in [9.17, 15) is 24.6 Å². The first-order valence-corrected chi connectivity index (χ1v) is 8.91. The molecule has 0 saturated carbocycles. The predicted molar refractivity (Wildman–Crippen MR) is 105 cm³/mol. The molecule has 0 unspecified atom stereocenters. The summed E-state index contributed by atoms with van der Waals surface area (Å²) >= 11 is 0. The quantitative estimate of drug-likeness (QED) is 0.150. The van der Waals surface area contributed by atoms with Gasteiger partial charge in [-0.1, -0.05) is 13.2 Å². The second-order valence-electron chi connectivity index (χ2n) is 6.19. The molecule has 0 aliphatic heterocycles. The van der Waals surface area contributed by atoms with Gasteiger partial charge in [0.25, 0.3) is 0 Å². The highest BCUT2D eigenvalue weighted by atomic mass is 16.4. The summed E-state index contributed by atoms with van der Waals surface area (Å²) in [5.41, 5.74) is 0. The molecule has 0 heterocycles. The zero-order chi connectivity index (χ0) is 21.5. The maximum Gasteiger partial charge on any atom is 0.315 e. The first kappa shape index (κ1) is 24.8. The second kappa shape index (κ2) is 14.0. The zero-order valence-corrected chi connectivity index (χ0v) is 15.9. The number of urea groups is 1. The number of aliphatic hydroxyl groups excluding tert-OH is 2. The van der Waals surface area contributed by atoms with Gasteiger partial charge < -0.3 is 31.3 Å². The van der Waals surface area contributed by atoms with Gasteiger partial charge in [0.15, 0.2) is 0 Å². The van der Waals surface area contributed by atoms with Crippen LogP contribution >= 0.6 is 0 Å². The van der Waals surface area contributed by atoms with Crippen molar-refractivity contribution in [3.05, 3.63) is 24.7 Å². The Morgan fingerprint density at radius 3 is 2.00 bits per heavy atom. The lowest BCUT2D eigenvalue weighted by atomic mass is 10.1. The minimum absolute atomic E-state index is 0.0256. The van der Waals surface area contributed by atoms with Crippen LogP contribution < -0.4 is 16.0 Å². The number of unbranched alkanes of at least 4 members (excludes halogenated alkanes) is 1. The minimum atomic E-state index is -1.07. The number of nitrogens with one attached hydrogen (secondary N) is 3. The molecule has 6 N–H and O–H groups in total. The van der Waals surface area contributed by atoms with Gasteiger partial charge in [-0.2, -0.15) is 0 Å². The van der Waals surface area contributed by atoms with E-state index in [2.05, 4.69) is 35.0 Å². The molecule has 0 saturated heterocycles. The summed E-state index contributed by atoms with van der Waals surface area (Å²) in [7, 11) is 0. The van der Waals surface area contributed by atoms with Crippen molar-refractivity contribution >= 4 is 17.9 Å². The van der Waals surface area contributed by atoms with Crippen LogP contribution in [0, 0.1) is 12.3 Å². The summed E-state index contributed by atoms with van der Waals surface area (Å²) in [4.78, 5) is 34.1. The van der Waals surface area contributed by atoms with Crippen molar-refractivity contribution in [2.24, 2.45) is 0 Å². The van der Waals surface area contributed by atoms with E-state index < -0.39 is 24.1 Å². The van der Waals surface area contributed by atoms with Crippen molar-refractivity contribution in [3.63, 3.8) is 0 Å². The van der Waals surface area contributed by atoms with Crippen LogP contribution in [0.4, 0.5) is 4.79 Å². The lowest BCUT2D eigenvalue weighted by molar-refractivity contribution is -0.137. The highest BCUT2D eigenvalue weighted by Gasteiger charge is 2.20. The number of rotatable bonds is 14. The number of carbonyl (C=O) groups is 3. The Bertz CT molecular complexity index is 611. The summed E-state index contributed by atoms with van der Waals surface area (Å²) in [5, 5.41) is 35.5. The maximum absolute atomic E-state index is 12.0. The van der Waals surface area contributed by atoms with Crippen LogP contribution in [0.3, 0.4) is 0 Å². The molecule has 2 atom stereocenters. The highest BCUT2D eigenvalue weighted by molar-refractivity contribution is 5.76. The van der Waals surface area contributed by atoms with Gasteiger partial charge in [-0.3, -0.25) is 9.59 Å². The van der Waals surface area contributed by atoms with E-state index in [-0.39, 0.29) is 36.7 Å². The third-order valence-corrected chi connectivity index (χ3v) is 3.80. The van der Waals surface area contributed by atoms with Crippen molar-refractivity contribution < 1.29 is 29.7 Å². The Morgan fingerprint density at radius 2 is 1.50 bits per heavy atom. The summed E-state index contributed by atoms with van der Waals surface area (Å²) < 4.78 is 0. The van der Waals surface area contributed by atoms with Crippen LogP contribution in [0.15, 0.2) is 24.7 Å². The standard InChI is InChI=1S/C19H29N3O6/c1-4-5-9-17(25)20-12-7-6-8-15(13(2)23)21-19(28)22-16(14(3)24)10-11-18(26)27/h1,15-16,23-24H,2-3,5-12H2,(H,20,25)(H,26,27)(H2,21,22,28)/t15-,16-/m0/s1. The summed E-state index contributed by atoms with van der Waals surface area (Å²) in [6.45, 7) is 7.18. The van der Waals surface area contributed by atoms with E-state index in [1.54, 1.807) is 0 Å². The van der Waals surface area contributed by atoms with Gasteiger partial charge in [0.1, 0.15) is 11.5 Å². The Morgan fingerprint density at radius 1 is 0.929 bits per heavy atom. The van der Waals surface area contributed by atoms with Crippen LogP contribution in [0.1, 0.15) is 44.9 Å². The molecule has 0 bridgehead atoms. The number of carbonyl (C=O) groups excluding carboxylic acids is 2. The Hall–Kier alpha value is -3.15. The summed E-state index contributed by atoms with van der Waals surface area (Å²) in [5.74, 6) is 0.585. The number of carboxylic acids is 1. The molecule has 28 heavy (non-hydrogen) atoms. The molecule has 0 aromatic carbocycles. The van der Waals surface area contributed by atoms with Crippen LogP contribution in [-0.2, 0) is 9.59 Å². The zero-order valence-electron chi connectivity index (χ0n) is 15.9. The fourth-order valence-corrected chi connectivity index (χ4v) is 2.25. The number of aliphatic carboxylic acids is 1. The molecule has 0 fully saturated rings. The molecule has 0 aliphatic rings. The van der Waals surface area contributed by atoms with Crippen LogP contribution in [0.25, 0.3) is 0 Å². The van der Waals surface area contributed by atoms with Crippen LogP contribution in [-0.4, -0.2) is 51.9 Å². The van der Waals surface area contributed by atoms with Gasteiger partial charge in [0.05, 0.1) is 12.1 Å². The molecule has 0 rings (SSSR count). The van der Waals surface area contributed by atoms with Gasteiger partial charge in [0.2, 0.25) is 5.91 Å². The van der Waals surface area contributed by atoms with Gasteiger partial charge >= 0.3 is 12.0 Å². The number of hydrogen-bond donors (Lipinski definition) is 6. The maximum atomic E-state index is 12.0. The largest absolute Gasteiger partial charge is 0.511 e. The third kappa shape index (κ3) is 12.2. The normalized spacial score (nSPS) is 12.1. The Labute approximate surface area is 164 Å². The minimum Gasteiger partial charge on any atom is -0.511 e. The monoisotopic (exact) mass is 395 g/mol. The smallest absolute Gasteiger partial charge is 0.315 e. The van der Waals surface area contributed by atoms with E-state index in [1.807, 2.05) is 0 Å². The van der Waals surface area contributed by atoms with Gasteiger partial charge in [-0.25, -0.2) is 4.79 Å². The van der Waals surface area contributed by atoms with E-state index >= 15 is 0 Å². The summed E-state index contributed by atoms with van der Waals surface area (Å²) in [6.07, 6.45) is 7.05. The van der Waals surface area contributed by atoms with Crippen LogP contribution in [0.2, 0.25) is 0 Å². The van der Waals surface area contributed by atoms with Crippen molar-refractivity contribution in [2.45, 2.75) is 57.0 Å². The van der Waals surface area contributed by atoms with Gasteiger partial charge in [-0.05, 0) is 25.7 Å². The number of carboxylic acid groups (broad SMARTS) is 1. The fraction of sp³-hybridized carbons (Fsp3) is 0.526. The molecule has 0 aromatic heterocycles. The number of hydrogen-bond acceptors (Lipinski definition) is 5. The molecular weight excluding hydrogens is 366 g/mol. The average Bonchev–Trinajstić information content (AvgIpc) is 2.61. The molecular formula is C19H29N3O6. The van der Waals surface area contributed by atoms with Crippen molar-refractivity contribution in [2.75, 3.05) is 6.54 Å². The lowest BCUT2D eigenvalue weighted by Crippen LogP contribution is -2.47. The lowest BCUT2D eigenvalue weighted by Gasteiger charge is -2.21. The second-order valence-corrected chi connectivity index (χ2v) is 6.19.